The van der Waals surface area contributed by atoms with Crippen LogP contribution in [0, 0.1) is 11.7 Å². The van der Waals surface area contributed by atoms with Crippen LogP contribution in [0.4, 0.5) is 4.39 Å². The average molecular weight is 300 g/mol. The molecule has 0 bridgehead atoms. The maximum Gasteiger partial charge on any atom is 0.251 e. The van der Waals surface area contributed by atoms with E-state index in [-0.39, 0.29) is 11.9 Å². The largest absolute Gasteiger partial charge is 0.349 e. The summed E-state index contributed by atoms with van der Waals surface area (Å²) in [5.41, 5.74) is 0.380. The molecule has 1 fully saturated rings. The lowest BCUT2D eigenvalue weighted by Crippen LogP contribution is -2.32. The molecular formula is C13H15BrFNO. The Morgan fingerprint density at radius 2 is 2.24 bits per heavy atom. The molecule has 1 aromatic rings. The van der Waals surface area contributed by atoms with Crippen LogP contribution in [-0.4, -0.2) is 11.9 Å². The summed E-state index contributed by atoms with van der Waals surface area (Å²) in [4.78, 5) is 11.9. The van der Waals surface area contributed by atoms with E-state index >= 15 is 0 Å². The molecular weight excluding hydrogens is 285 g/mol. The average Bonchev–Trinajstić information content (AvgIpc) is 2.68. The normalized spacial score (nSPS) is 23.7. The standard InChI is InChI=1S/C13H15BrFNO/c1-8-2-4-10(6-8)16-13(17)9-3-5-11(14)12(15)7-9/h3,5,7-8,10H,2,4,6H2,1H3,(H,16,17). The Morgan fingerprint density at radius 1 is 1.47 bits per heavy atom. The molecule has 1 aromatic carbocycles. The molecule has 1 saturated carbocycles. The first-order valence-corrected chi connectivity index (χ1v) is 6.61. The minimum absolute atomic E-state index is 0.185. The van der Waals surface area contributed by atoms with Gasteiger partial charge in [-0.15, -0.1) is 0 Å². The van der Waals surface area contributed by atoms with Gasteiger partial charge in [-0.1, -0.05) is 6.92 Å². The summed E-state index contributed by atoms with van der Waals surface area (Å²) in [7, 11) is 0. The van der Waals surface area contributed by atoms with Crippen LogP contribution in [0.5, 0.6) is 0 Å². The maximum atomic E-state index is 13.3. The molecule has 92 valence electrons. The molecule has 1 aliphatic rings. The number of hydrogen-bond donors (Lipinski definition) is 1. The number of rotatable bonds is 2. The van der Waals surface area contributed by atoms with Crippen LogP contribution >= 0.6 is 15.9 Å². The predicted octanol–water partition coefficient (Wildman–Crippen LogP) is 3.51. The Hall–Kier alpha value is -0.900. The number of nitrogens with one attached hydrogen (secondary N) is 1. The molecule has 1 N–H and O–H groups in total. The van der Waals surface area contributed by atoms with Gasteiger partial charge < -0.3 is 5.32 Å². The van der Waals surface area contributed by atoms with Crippen LogP contribution in [0.25, 0.3) is 0 Å². The van der Waals surface area contributed by atoms with Gasteiger partial charge in [0.2, 0.25) is 0 Å². The molecule has 2 nitrogen and oxygen atoms in total. The van der Waals surface area contributed by atoms with E-state index in [1.54, 1.807) is 12.1 Å². The zero-order chi connectivity index (χ0) is 12.4. The van der Waals surface area contributed by atoms with Crippen LogP contribution < -0.4 is 5.32 Å². The van der Waals surface area contributed by atoms with E-state index in [9.17, 15) is 9.18 Å². The molecule has 1 aliphatic carbocycles. The monoisotopic (exact) mass is 299 g/mol. The molecule has 2 unspecified atom stereocenters. The number of amides is 1. The number of hydrogen-bond acceptors (Lipinski definition) is 1. The van der Waals surface area contributed by atoms with Gasteiger partial charge in [0.05, 0.1) is 4.47 Å². The molecule has 4 heteroatoms. The van der Waals surface area contributed by atoms with Crippen molar-refractivity contribution in [1.82, 2.24) is 5.32 Å². The second-order valence-electron chi connectivity index (χ2n) is 4.72. The van der Waals surface area contributed by atoms with Gasteiger partial charge in [0.25, 0.3) is 5.91 Å². The molecule has 0 saturated heterocycles. The van der Waals surface area contributed by atoms with E-state index in [1.165, 1.54) is 6.07 Å². The summed E-state index contributed by atoms with van der Waals surface area (Å²) in [6, 6.07) is 4.68. The Bertz CT molecular complexity index is 435. The van der Waals surface area contributed by atoms with E-state index in [2.05, 4.69) is 28.2 Å². The lowest BCUT2D eigenvalue weighted by Gasteiger charge is -2.12. The van der Waals surface area contributed by atoms with Crippen molar-refractivity contribution in [2.45, 2.75) is 32.2 Å². The second kappa shape index (κ2) is 5.17. The molecule has 0 spiro atoms. The number of halogens is 2. The van der Waals surface area contributed by atoms with Crippen LogP contribution in [0.15, 0.2) is 22.7 Å². The maximum absolute atomic E-state index is 13.3. The van der Waals surface area contributed by atoms with Gasteiger partial charge in [0, 0.05) is 11.6 Å². The summed E-state index contributed by atoms with van der Waals surface area (Å²) in [6.07, 6.45) is 3.19. The second-order valence-corrected chi connectivity index (χ2v) is 5.57. The number of carbonyl (C=O) groups is 1. The molecule has 0 aromatic heterocycles. The van der Waals surface area contributed by atoms with Crippen LogP contribution in [0.1, 0.15) is 36.5 Å². The SMILES string of the molecule is CC1CCC(NC(=O)c2ccc(Br)c(F)c2)C1. The van der Waals surface area contributed by atoms with Crippen molar-refractivity contribution < 1.29 is 9.18 Å². The van der Waals surface area contributed by atoms with E-state index in [0.29, 0.717) is 16.0 Å². The molecule has 2 rings (SSSR count). The fraction of sp³-hybridized carbons (Fsp3) is 0.462. The number of benzene rings is 1. The fourth-order valence-corrected chi connectivity index (χ4v) is 2.49. The topological polar surface area (TPSA) is 29.1 Å². The molecule has 0 radical (unpaired) electrons. The molecule has 1 amide bonds. The van der Waals surface area contributed by atoms with Gasteiger partial charge in [-0.3, -0.25) is 4.79 Å². The lowest BCUT2D eigenvalue weighted by molar-refractivity contribution is 0.0937. The van der Waals surface area contributed by atoms with E-state index < -0.39 is 5.82 Å². The highest BCUT2D eigenvalue weighted by atomic mass is 79.9. The summed E-state index contributed by atoms with van der Waals surface area (Å²) >= 11 is 3.07. The first-order chi connectivity index (χ1) is 8.06. The lowest BCUT2D eigenvalue weighted by atomic mass is 10.1. The van der Waals surface area contributed by atoms with E-state index in [4.69, 9.17) is 0 Å². The smallest absolute Gasteiger partial charge is 0.251 e. The van der Waals surface area contributed by atoms with Crippen molar-refractivity contribution in [2.75, 3.05) is 0 Å². The quantitative estimate of drug-likeness (QED) is 0.890. The van der Waals surface area contributed by atoms with Crippen LogP contribution in [0.3, 0.4) is 0 Å². The van der Waals surface area contributed by atoms with E-state index in [1.807, 2.05) is 0 Å². The Kier molecular flexibility index (Phi) is 3.82. The third kappa shape index (κ3) is 3.06. The summed E-state index contributed by atoms with van der Waals surface area (Å²) < 4.78 is 13.7. The van der Waals surface area contributed by atoms with Crippen molar-refractivity contribution in [3.8, 4) is 0 Å². The van der Waals surface area contributed by atoms with Crippen molar-refractivity contribution in [1.29, 1.82) is 0 Å². The highest BCUT2D eigenvalue weighted by Crippen LogP contribution is 2.25. The minimum Gasteiger partial charge on any atom is -0.349 e. The van der Waals surface area contributed by atoms with Crippen molar-refractivity contribution in [2.24, 2.45) is 5.92 Å². The van der Waals surface area contributed by atoms with Gasteiger partial charge >= 0.3 is 0 Å². The fourth-order valence-electron chi connectivity index (χ4n) is 2.24. The first kappa shape index (κ1) is 12.6. The first-order valence-electron chi connectivity index (χ1n) is 5.82. The third-order valence-electron chi connectivity index (χ3n) is 3.21. The highest BCUT2D eigenvalue weighted by Gasteiger charge is 2.23. The Balaban J connectivity index is 2.02. The Morgan fingerprint density at radius 3 is 2.82 bits per heavy atom. The van der Waals surface area contributed by atoms with Gasteiger partial charge in [-0.25, -0.2) is 4.39 Å². The zero-order valence-corrected chi connectivity index (χ0v) is 11.3. The molecule has 2 atom stereocenters. The van der Waals surface area contributed by atoms with Crippen molar-refractivity contribution >= 4 is 21.8 Å². The molecule has 17 heavy (non-hydrogen) atoms. The van der Waals surface area contributed by atoms with Gasteiger partial charge in [0.15, 0.2) is 0 Å². The summed E-state index contributed by atoms with van der Waals surface area (Å²) in [5.74, 6) is 0.0786. The molecule has 0 heterocycles. The Labute approximate surface area is 109 Å². The minimum atomic E-state index is -0.405. The highest BCUT2D eigenvalue weighted by molar-refractivity contribution is 9.10. The number of carbonyl (C=O) groups excluding carboxylic acids is 1. The van der Waals surface area contributed by atoms with Gasteiger partial charge in [-0.05, 0) is 59.3 Å². The van der Waals surface area contributed by atoms with Crippen LogP contribution in [-0.2, 0) is 0 Å². The zero-order valence-electron chi connectivity index (χ0n) is 9.67. The molecule has 0 aliphatic heterocycles. The third-order valence-corrected chi connectivity index (χ3v) is 3.85. The van der Waals surface area contributed by atoms with Gasteiger partial charge in [0.1, 0.15) is 5.82 Å². The predicted molar refractivity (Wildman–Crippen MR) is 68.4 cm³/mol. The van der Waals surface area contributed by atoms with E-state index in [0.717, 1.165) is 19.3 Å². The van der Waals surface area contributed by atoms with Gasteiger partial charge in [-0.2, -0.15) is 0 Å². The van der Waals surface area contributed by atoms with Crippen LogP contribution in [0.2, 0.25) is 0 Å². The van der Waals surface area contributed by atoms with Crippen molar-refractivity contribution in [3.05, 3.63) is 34.1 Å². The summed E-state index contributed by atoms with van der Waals surface area (Å²) in [5, 5.41) is 2.95. The summed E-state index contributed by atoms with van der Waals surface area (Å²) in [6.45, 7) is 2.19. The van der Waals surface area contributed by atoms with Crippen molar-refractivity contribution in [3.63, 3.8) is 0 Å².